The molecule has 0 saturated carbocycles. The fraction of sp³-hybridized carbons (Fsp3) is 0.217. The molecule has 166 valence electrons. The fourth-order valence-corrected chi connectivity index (χ4v) is 5.96. The molecule has 7 nitrogen and oxygen atoms in total. The van der Waals surface area contributed by atoms with E-state index in [2.05, 4.69) is 5.32 Å². The number of fused-ring (bicyclic) bond motifs is 1. The van der Waals surface area contributed by atoms with E-state index in [9.17, 15) is 18.0 Å². The summed E-state index contributed by atoms with van der Waals surface area (Å²) in [6.45, 7) is 2.38. The minimum atomic E-state index is -3.82. The van der Waals surface area contributed by atoms with Gasteiger partial charge < -0.3 is 10.1 Å². The van der Waals surface area contributed by atoms with E-state index in [4.69, 9.17) is 4.74 Å². The molecule has 1 aliphatic heterocycles. The minimum absolute atomic E-state index is 0.0558. The summed E-state index contributed by atoms with van der Waals surface area (Å²) in [5, 5.41) is 3.18. The van der Waals surface area contributed by atoms with Gasteiger partial charge in [0.25, 0.3) is 15.9 Å². The molecule has 1 aliphatic rings. The molecule has 0 unspecified atom stereocenters. The maximum absolute atomic E-state index is 13.4. The van der Waals surface area contributed by atoms with Crippen LogP contribution in [0.3, 0.4) is 0 Å². The number of esters is 1. The second-order valence-electron chi connectivity index (χ2n) is 7.18. The van der Waals surface area contributed by atoms with Crippen molar-refractivity contribution >= 4 is 43.9 Å². The molecule has 0 saturated heterocycles. The summed E-state index contributed by atoms with van der Waals surface area (Å²) in [4.78, 5) is 25.0. The number of sulfonamides is 1. The Balaban J connectivity index is 1.56. The van der Waals surface area contributed by atoms with Crippen molar-refractivity contribution in [3.63, 3.8) is 0 Å². The molecule has 0 aliphatic carbocycles. The first-order valence-corrected chi connectivity index (χ1v) is 12.4. The van der Waals surface area contributed by atoms with Crippen LogP contribution in [0.25, 0.3) is 0 Å². The topological polar surface area (TPSA) is 92.8 Å². The molecular formula is C23H22N2O5S2. The predicted molar refractivity (Wildman–Crippen MR) is 124 cm³/mol. The molecule has 0 bridgehead atoms. The number of ether oxygens (including phenoxy) is 1. The Morgan fingerprint density at radius 3 is 2.72 bits per heavy atom. The maximum atomic E-state index is 13.4. The molecule has 1 N–H and O–H groups in total. The number of hydrogen-bond donors (Lipinski definition) is 1. The molecule has 0 radical (unpaired) electrons. The number of nitrogens with zero attached hydrogens (tertiary/aromatic N) is 1. The van der Waals surface area contributed by atoms with Crippen LogP contribution in [0.2, 0.25) is 0 Å². The largest absolute Gasteiger partial charge is 0.462 e. The second-order valence-corrected chi connectivity index (χ2v) is 10.1. The van der Waals surface area contributed by atoms with Crippen LogP contribution < -0.4 is 9.62 Å². The normalized spacial score (nSPS) is 13.3. The smallest absolute Gasteiger partial charge is 0.348 e. The molecule has 0 fully saturated rings. The number of thiophene rings is 1. The first-order chi connectivity index (χ1) is 15.4. The van der Waals surface area contributed by atoms with E-state index in [0.29, 0.717) is 22.1 Å². The Morgan fingerprint density at radius 2 is 1.91 bits per heavy atom. The highest BCUT2D eigenvalue weighted by molar-refractivity contribution is 7.92. The van der Waals surface area contributed by atoms with Gasteiger partial charge in [-0.15, -0.1) is 11.3 Å². The average Bonchev–Trinajstić information content (AvgIpc) is 3.27. The summed E-state index contributed by atoms with van der Waals surface area (Å²) in [6.07, 6.45) is 1.57. The maximum Gasteiger partial charge on any atom is 0.348 e. The van der Waals surface area contributed by atoms with Gasteiger partial charge in [0.2, 0.25) is 0 Å². The Morgan fingerprint density at radius 1 is 1.09 bits per heavy atom. The molecule has 9 heteroatoms. The van der Waals surface area contributed by atoms with Crippen molar-refractivity contribution in [3.8, 4) is 0 Å². The van der Waals surface area contributed by atoms with Crippen molar-refractivity contribution in [1.29, 1.82) is 0 Å². The molecule has 0 spiro atoms. The lowest BCUT2D eigenvalue weighted by Gasteiger charge is -2.30. The van der Waals surface area contributed by atoms with Gasteiger partial charge >= 0.3 is 5.97 Å². The van der Waals surface area contributed by atoms with Crippen LogP contribution in [0.5, 0.6) is 0 Å². The SMILES string of the molecule is CCOC(=O)c1ccc(NC(=O)c2cccc(S(=O)(=O)N3CCCc4ccccc43)c2)s1. The zero-order valence-electron chi connectivity index (χ0n) is 17.4. The first-order valence-electron chi connectivity index (χ1n) is 10.2. The van der Waals surface area contributed by atoms with E-state index in [0.717, 1.165) is 29.7 Å². The van der Waals surface area contributed by atoms with E-state index in [-0.39, 0.29) is 17.1 Å². The van der Waals surface area contributed by atoms with Crippen LogP contribution in [0, 0.1) is 0 Å². The van der Waals surface area contributed by atoms with Gasteiger partial charge in [-0.3, -0.25) is 9.10 Å². The summed E-state index contributed by atoms with van der Waals surface area (Å²) >= 11 is 1.10. The quantitative estimate of drug-likeness (QED) is 0.542. The van der Waals surface area contributed by atoms with Crippen LogP contribution >= 0.6 is 11.3 Å². The third-order valence-corrected chi connectivity index (χ3v) is 7.86. The van der Waals surface area contributed by atoms with Crippen molar-refractivity contribution in [2.24, 2.45) is 0 Å². The highest BCUT2D eigenvalue weighted by Crippen LogP contribution is 2.32. The van der Waals surface area contributed by atoms with Gasteiger partial charge in [-0.05, 0) is 61.7 Å². The molecule has 1 amide bonds. The third kappa shape index (κ3) is 4.39. The van der Waals surface area contributed by atoms with Gasteiger partial charge in [0.1, 0.15) is 4.88 Å². The predicted octanol–water partition coefficient (Wildman–Crippen LogP) is 4.32. The number of amides is 1. The summed E-state index contributed by atoms with van der Waals surface area (Å²) in [5.74, 6) is -0.911. The van der Waals surface area contributed by atoms with E-state index in [1.54, 1.807) is 37.3 Å². The van der Waals surface area contributed by atoms with E-state index in [1.165, 1.54) is 16.4 Å². The van der Waals surface area contributed by atoms with Crippen molar-refractivity contribution in [2.75, 3.05) is 22.8 Å². The monoisotopic (exact) mass is 470 g/mol. The standard InChI is InChI=1S/C23H22N2O5S2/c1-2-30-23(27)20-12-13-21(31-20)24-22(26)17-8-5-10-18(15-17)32(28,29)25-14-6-9-16-7-3-4-11-19(16)25/h3-5,7-8,10-13,15H,2,6,9,14H2,1H3,(H,24,26). The molecule has 3 aromatic rings. The zero-order chi connectivity index (χ0) is 22.7. The lowest BCUT2D eigenvalue weighted by atomic mass is 10.0. The molecule has 2 aromatic carbocycles. The van der Waals surface area contributed by atoms with Crippen LogP contribution in [0.4, 0.5) is 10.7 Å². The number of nitrogens with one attached hydrogen (secondary N) is 1. The molecule has 2 heterocycles. The third-order valence-electron chi connectivity index (χ3n) is 5.07. The van der Waals surface area contributed by atoms with Crippen molar-refractivity contribution in [2.45, 2.75) is 24.7 Å². The van der Waals surface area contributed by atoms with E-state index < -0.39 is 21.9 Å². The minimum Gasteiger partial charge on any atom is -0.462 e. The Bertz CT molecular complexity index is 1270. The summed E-state index contributed by atoms with van der Waals surface area (Å²) in [6, 6.07) is 16.6. The number of hydrogen-bond acceptors (Lipinski definition) is 6. The van der Waals surface area contributed by atoms with E-state index >= 15 is 0 Å². The Kier molecular flexibility index (Phi) is 6.29. The summed E-state index contributed by atoms with van der Waals surface area (Å²) < 4.78 is 33.1. The second kappa shape index (κ2) is 9.13. The average molecular weight is 471 g/mol. The lowest BCUT2D eigenvalue weighted by molar-refractivity contribution is 0.0532. The molecule has 1 aromatic heterocycles. The summed E-state index contributed by atoms with van der Waals surface area (Å²) in [7, 11) is -3.82. The van der Waals surface area contributed by atoms with Crippen LogP contribution in [-0.2, 0) is 21.2 Å². The van der Waals surface area contributed by atoms with Gasteiger partial charge in [0, 0.05) is 12.1 Å². The van der Waals surface area contributed by atoms with Gasteiger partial charge in [-0.2, -0.15) is 0 Å². The fourth-order valence-electron chi connectivity index (χ4n) is 3.57. The molecule has 0 atom stereocenters. The number of aryl methyl sites for hydroxylation is 1. The van der Waals surface area contributed by atoms with Crippen molar-refractivity contribution in [3.05, 3.63) is 76.7 Å². The molecule has 4 rings (SSSR count). The van der Waals surface area contributed by atoms with Gasteiger partial charge in [0.15, 0.2) is 0 Å². The van der Waals surface area contributed by atoms with Gasteiger partial charge in [0.05, 0.1) is 22.2 Å². The number of carbonyl (C=O) groups is 2. The number of carbonyl (C=O) groups excluding carboxylic acids is 2. The lowest BCUT2D eigenvalue weighted by Crippen LogP contribution is -2.35. The highest BCUT2D eigenvalue weighted by atomic mass is 32.2. The Hall–Kier alpha value is -3.17. The van der Waals surface area contributed by atoms with Gasteiger partial charge in [-0.25, -0.2) is 13.2 Å². The summed E-state index contributed by atoms with van der Waals surface area (Å²) in [5.41, 5.74) is 1.88. The molecule has 32 heavy (non-hydrogen) atoms. The van der Waals surface area contributed by atoms with Crippen LogP contribution in [0.15, 0.2) is 65.6 Å². The molecular weight excluding hydrogens is 448 g/mol. The van der Waals surface area contributed by atoms with Crippen molar-refractivity contribution in [1.82, 2.24) is 0 Å². The number of rotatable bonds is 6. The number of anilines is 2. The zero-order valence-corrected chi connectivity index (χ0v) is 19.0. The van der Waals surface area contributed by atoms with Crippen molar-refractivity contribution < 1.29 is 22.7 Å². The van der Waals surface area contributed by atoms with E-state index in [1.807, 2.05) is 18.2 Å². The van der Waals surface area contributed by atoms with Crippen LogP contribution in [-0.4, -0.2) is 33.4 Å². The van der Waals surface area contributed by atoms with Gasteiger partial charge in [-0.1, -0.05) is 24.3 Å². The van der Waals surface area contributed by atoms with Crippen LogP contribution in [0.1, 0.15) is 38.9 Å². The number of benzene rings is 2. The first kappa shape index (κ1) is 22.0. The highest BCUT2D eigenvalue weighted by Gasteiger charge is 2.29. The number of para-hydroxylation sites is 1. The Labute approximate surface area is 190 Å².